The van der Waals surface area contributed by atoms with E-state index in [4.69, 9.17) is 9.97 Å². The van der Waals surface area contributed by atoms with Crippen LogP contribution in [-0.4, -0.2) is 19.1 Å². The van der Waals surface area contributed by atoms with Crippen molar-refractivity contribution in [1.29, 1.82) is 0 Å². The van der Waals surface area contributed by atoms with Gasteiger partial charge in [-0.1, -0.05) is 121 Å². The van der Waals surface area contributed by atoms with Crippen molar-refractivity contribution in [3.8, 4) is 45.0 Å². The minimum atomic E-state index is 0.827. The lowest BCUT2D eigenvalue weighted by molar-refractivity contribution is 1.08. The summed E-state index contributed by atoms with van der Waals surface area (Å²) in [4.78, 5) is 10.8. The van der Waals surface area contributed by atoms with Gasteiger partial charge in [0.1, 0.15) is 5.69 Å². The highest BCUT2D eigenvalue weighted by Crippen LogP contribution is 2.51. The molecule has 0 bridgehead atoms. The SMILES string of the molecule is c1ccc(-c2ccc(-c3nc4ccccc4nc3-n3c4cccc5c4c4c6c7c8c-5cccc8ccc7n(-c5ccccc5)c6ccc43)cc2)cc1. The Balaban J connectivity index is 1.24. The second-order valence-corrected chi connectivity index (χ2v) is 13.8. The van der Waals surface area contributed by atoms with Crippen molar-refractivity contribution in [2.75, 3.05) is 0 Å². The summed E-state index contributed by atoms with van der Waals surface area (Å²) in [5.41, 5.74) is 14.3. The first-order valence-corrected chi connectivity index (χ1v) is 17.8. The summed E-state index contributed by atoms with van der Waals surface area (Å²) in [7, 11) is 0. The fourth-order valence-electron chi connectivity index (χ4n) is 8.84. The number of fused-ring (bicyclic) bond motifs is 2. The molecule has 0 aliphatic heterocycles. The zero-order chi connectivity index (χ0) is 33.9. The lowest BCUT2D eigenvalue weighted by atomic mass is 9.95. The standard InChI is InChI=1S/C48H28N4/c1-3-11-29(12-4-1)30-21-23-32(24-22-30)47-48(50-37-19-8-7-18-36(37)49-47)52-38-20-10-17-35-34-16-9-13-31-25-26-39-44(42(31)34)46-40(27-28-41(52)45(46)43(35)38)51(39)33-14-5-2-6-15-33/h1-28H. The Morgan fingerprint density at radius 2 is 0.865 bits per heavy atom. The maximum atomic E-state index is 5.45. The zero-order valence-electron chi connectivity index (χ0n) is 28.0. The van der Waals surface area contributed by atoms with E-state index in [9.17, 15) is 0 Å². The highest BCUT2D eigenvalue weighted by molar-refractivity contribution is 6.38. The van der Waals surface area contributed by atoms with E-state index in [2.05, 4.69) is 167 Å². The fourth-order valence-corrected chi connectivity index (χ4v) is 8.84. The van der Waals surface area contributed by atoms with Gasteiger partial charge in [0.15, 0.2) is 5.82 Å². The molecular weight excluding hydrogens is 633 g/mol. The van der Waals surface area contributed by atoms with Gasteiger partial charge in [-0.2, -0.15) is 0 Å². The van der Waals surface area contributed by atoms with Crippen molar-refractivity contribution in [3.63, 3.8) is 0 Å². The average Bonchev–Trinajstić information content (AvgIpc) is 3.69. The predicted molar refractivity (Wildman–Crippen MR) is 216 cm³/mol. The highest BCUT2D eigenvalue weighted by Gasteiger charge is 2.28. The molecule has 0 saturated heterocycles. The summed E-state index contributed by atoms with van der Waals surface area (Å²) in [5.74, 6) is 0.827. The lowest BCUT2D eigenvalue weighted by Crippen LogP contribution is -2.03. The molecule has 0 atom stereocenters. The Bertz CT molecular complexity index is 3260. The molecule has 0 N–H and O–H groups in total. The quantitative estimate of drug-likeness (QED) is 0.188. The summed E-state index contributed by atoms with van der Waals surface area (Å²) in [6.45, 7) is 0. The molecule has 0 spiro atoms. The minimum Gasteiger partial charge on any atom is -0.309 e. The number of aromatic nitrogens is 4. The summed E-state index contributed by atoms with van der Waals surface area (Å²) < 4.78 is 4.81. The first kappa shape index (κ1) is 27.7. The smallest absolute Gasteiger partial charge is 0.165 e. The first-order valence-electron chi connectivity index (χ1n) is 17.8. The van der Waals surface area contributed by atoms with Crippen LogP contribution in [0, 0.1) is 0 Å². The number of benzene rings is 8. The highest BCUT2D eigenvalue weighted by atomic mass is 15.1. The van der Waals surface area contributed by atoms with Crippen LogP contribution in [0.15, 0.2) is 170 Å². The first-order chi connectivity index (χ1) is 25.8. The molecule has 0 radical (unpaired) electrons. The van der Waals surface area contributed by atoms with Gasteiger partial charge in [-0.25, -0.2) is 9.97 Å². The number of nitrogens with zero attached hydrogens (tertiary/aromatic N) is 4. The molecule has 0 fully saturated rings. The summed E-state index contributed by atoms with van der Waals surface area (Å²) >= 11 is 0. The molecule has 4 nitrogen and oxygen atoms in total. The van der Waals surface area contributed by atoms with Crippen molar-refractivity contribution in [2.24, 2.45) is 0 Å². The largest absolute Gasteiger partial charge is 0.309 e. The van der Waals surface area contributed by atoms with Crippen LogP contribution in [0.25, 0.3) is 110 Å². The third-order valence-electron chi connectivity index (χ3n) is 11.0. The summed E-state index contributed by atoms with van der Waals surface area (Å²) in [6, 6.07) is 60.9. The molecular formula is C48H28N4. The second kappa shape index (κ2) is 10.3. The van der Waals surface area contributed by atoms with Gasteiger partial charge in [0, 0.05) is 32.8 Å². The van der Waals surface area contributed by atoms with E-state index in [1.54, 1.807) is 0 Å². The molecule has 240 valence electrons. The second-order valence-electron chi connectivity index (χ2n) is 13.8. The van der Waals surface area contributed by atoms with E-state index in [1.807, 2.05) is 12.1 Å². The van der Waals surface area contributed by atoms with Crippen molar-refractivity contribution in [2.45, 2.75) is 0 Å². The molecule has 3 aromatic heterocycles. The molecule has 3 heterocycles. The van der Waals surface area contributed by atoms with Crippen LogP contribution in [0.5, 0.6) is 0 Å². The van der Waals surface area contributed by atoms with Crippen LogP contribution in [0.4, 0.5) is 0 Å². The normalized spacial score (nSPS) is 12.2. The van der Waals surface area contributed by atoms with Gasteiger partial charge in [0.25, 0.3) is 0 Å². The van der Waals surface area contributed by atoms with Crippen LogP contribution < -0.4 is 0 Å². The van der Waals surface area contributed by atoms with Crippen LogP contribution in [-0.2, 0) is 0 Å². The van der Waals surface area contributed by atoms with Gasteiger partial charge < -0.3 is 4.57 Å². The topological polar surface area (TPSA) is 35.6 Å². The van der Waals surface area contributed by atoms with E-state index < -0.39 is 0 Å². The Morgan fingerprint density at radius 1 is 0.327 bits per heavy atom. The molecule has 11 aromatic rings. The van der Waals surface area contributed by atoms with E-state index >= 15 is 0 Å². The molecule has 1 aliphatic carbocycles. The Kier molecular flexibility index (Phi) is 5.47. The monoisotopic (exact) mass is 660 g/mol. The third-order valence-corrected chi connectivity index (χ3v) is 11.0. The molecule has 12 rings (SSSR count). The van der Waals surface area contributed by atoms with Crippen LogP contribution in [0.1, 0.15) is 0 Å². The number of hydrogen-bond acceptors (Lipinski definition) is 2. The number of rotatable bonds is 4. The zero-order valence-corrected chi connectivity index (χ0v) is 28.0. The van der Waals surface area contributed by atoms with Crippen LogP contribution >= 0.6 is 0 Å². The van der Waals surface area contributed by atoms with Crippen molar-refractivity contribution >= 4 is 65.4 Å². The van der Waals surface area contributed by atoms with Gasteiger partial charge in [-0.3, -0.25) is 4.57 Å². The third kappa shape index (κ3) is 3.65. The van der Waals surface area contributed by atoms with E-state index in [1.165, 1.54) is 65.6 Å². The van der Waals surface area contributed by atoms with Gasteiger partial charge in [0.2, 0.25) is 0 Å². The van der Waals surface area contributed by atoms with E-state index in [-0.39, 0.29) is 0 Å². The predicted octanol–water partition coefficient (Wildman–Crippen LogP) is 12.3. The summed E-state index contributed by atoms with van der Waals surface area (Å²) in [5, 5.41) is 7.66. The van der Waals surface area contributed by atoms with E-state index in [0.717, 1.165) is 44.8 Å². The Morgan fingerprint density at radius 3 is 1.63 bits per heavy atom. The van der Waals surface area contributed by atoms with Crippen LogP contribution in [0.2, 0.25) is 0 Å². The maximum absolute atomic E-state index is 5.45. The Labute approximate surface area is 298 Å². The van der Waals surface area contributed by atoms with Gasteiger partial charge in [-0.05, 0) is 81.6 Å². The van der Waals surface area contributed by atoms with Gasteiger partial charge in [0.05, 0.1) is 33.1 Å². The molecule has 1 aliphatic rings. The molecule has 0 saturated carbocycles. The molecule has 0 amide bonds. The maximum Gasteiger partial charge on any atom is 0.165 e. The molecule has 0 unspecified atom stereocenters. The van der Waals surface area contributed by atoms with Crippen molar-refractivity contribution in [3.05, 3.63) is 170 Å². The minimum absolute atomic E-state index is 0.827. The van der Waals surface area contributed by atoms with Gasteiger partial charge >= 0.3 is 0 Å². The van der Waals surface area contributed by atoms with Crippen molar-refractivity contribution in [1.82, 2.24) is 19.1 Å². The number of hydrogen-bond donors (Lipinski definition) is 0. The molecule has 4 heteroatoms. The number of para-hydroxylation sites is 3. The summed E-state index contributed by atoms with van der Waals surface area (Å²) in [6.07, 6.45) is 0. The van der Waals surface area contributed by atoms with E-state index in [0.29, 0.717) is 0 Å². The molecule has 8 aromatic carbocycles. The van der Waals surface area contributed by atoms with Crippen LogP contribution in [0.3, 0.4) is 0 Å². The van der Waals surface area contributed by atoms with Crippen molar-refractivity contribution < 1.29 is 0 Å². The Hall–Kier alpha value is -7.04. The van der Waals surface area contributed by atoms with Gasteiger partial charge in [-0.15, -0.1) is 0 Å². The average molecular weight is 661 g/mol. The fraction of sp³-hybridized carbons (Fsp3) is 0. The lowest BCUT2D eigenvalue weighted by Gasteiger charge is -2.15. The molecule has 52 heavy (non-hydrogen) atoms.